The molecule has 0 amide bonds. The predicted octanol–water partition coefficient (Wildman–Crippen LogP) is 4.21. The van der Waals surface area contributed by atoms with Crippen molar-refractivity contribution < 1.29 is 30.5 Å². The van der Waals surface area contributed by atoms with Crippen molar-refractivity contribution in [2.24, 2.45) is 0 Å². The van der Waals surface area contributed by atoms with Gasteiger partial charge in [-0.3, -0.25) is 18.6 Å². The average Bonchev–Trinajstić information content (AvgIpc) is 3.35. The monoisotopic (exact) mass is 737 g/mol. The largest absolute Gasteiger partial charge is 0.353 e. The lowest BCUT2D eigenvalue weighted by atomic mass is 9.89. The van der Waals surface area contributed by atoms with Crippen molar-refractivity contribution in [2.45, 2.75) is 104 Å². The number of hydrogen-bond donors (Lipinski definition) is 2. The number of unbranched alkanes of at least 4 members (excludes halogenated alkanes) is 1. The molecule has 8 unspecified atom stereocenters. The molecule has 0 radical (unpaired) electrons. The van der Waals surface area contributed by atoms with Gasteiger partial charge < -0.3 is 9.80 Å². The predicted molar refractivity (Wildman–Crippen MR) is 178 cm³/mol. The van der Waals surface area contributed by atoms with Crippen LogP contribution in [0.1, 0.15) is 58.8 Å². The van der Waals surface area contributed by atoms with Gasteiger partial charge in [-0.1, -0.05) is 26.3 Å². The Labute approximate surface area is 282 Å². The molecule has 4 rings (SSSR count). The molecule has 2 saturated carbocycles. The summed E-state index contributed by atoms with van der Waals surface area (Å²) in [6.07, 6.45) is 11.1. The van der Waals surface area contributed by atoms with Crippen LogP contribution in [-0.2, 0) is 20.2 Å². The third-order valence-corrected chi connectivity index (χ3v) is 12.8. The lowest BCUT2D eigenvalue weighted by Crippen LogP contribution is -2.49. The maximum absolute atomic E-state index is 11.8. The Kier molecular flexibility index (Phi) is 12.5. The van der Waals surface area contributed by atoms with E-state index in [1.54, 1.807) is 0 Å². The van der Waals surface area contributed by atoms with E-state index in [1.807, 2.05) is 28.0 Å². The van der Waals surface area contributed by atoms with Gasteiger partial charge in [0.1, 0.15) is 30.2 Å². The summed E-state index contributed by atoms with van der Waals surface area (Å²) in [6, 6.07) is -0.0247. The van der Waals surface area contributed by atoms with E-state index in [0.29, 0.717) is 25.7 Å². The van der Waals surface area contributed by atoms with E-state index in [2.05, 4.69) is 23.3 Å². The molecule has 2 heterocycles. The molecule has 3 fully saturated rings. The summed E-state index contributed by atoms with van der Waals surface area (Å²) >= 11 is 26.4. The number of amidine groups is 1. The Morgan fingerprint density at radius 1 is 0.750 bits per heavy atom. The standard InChI is InChI=1S/C28H44Cl4N4O6S2/c1-3-5-10-34-24-16-20(30)22(32)18-26(24)36(12-14-44(40,41)42)28(34)8-6-7-27-33(9-4-2)23-15-19(29)21(31)17-25(23)35(27)11-13-43(37,38)39/h6-8,19-26H,3-5,9-18H2,1-2H3,(H-,37,38,39,40,41,42)/p+1. The summed E-state index contributed by atoms with van der Waals surface area (Å²) < 4.78 is 68.5. The van der Waals surface area contributed by atoms with E-state index < -0.39 is 31.7 Å². The maximum atomic E-state index is 11.8. The van der Waals surface area contributed by atoms with Gasteiger partial charge in [-0.15, -0.1) is 46.4 Å². The van der Waals surface area contributed by atoms with Crippen molar-refractivity contribution in [2.75, 3.05) is 37.7 Å². The number of halogens is 4. The summed E-state index contributed by atoms with van der Waals surface area (Å²) in [4.78, 5) is 6.35. The van der Waals surface area contributed by atoms with Gasteiger partial charge in [-0.25, -0.2) is 0 Å². The number of hydrogen-bond acceptors (Lipinski definition) is 7. The molecule has 10 nitrogen and oxygen atoms in total. The van der Waals surface area contributed by atoms with E-state index in [-0.39, 0.29) is 58.8 Å². The minimum absolute atomic E-state index is 0.0455. The second-order valence-electron chi connectivity index (χ2n) is 12.2. The van der Waals surface area contributed by atoms with Crippen molar-refractivity contribution in [1.82, 2.24) is 14.7 Å². The van der Waals surface area contributed by atoms with Gasteiger partial charge in [0, 0.05) is 32.0 Å². The minimum atomic E-state index is -4.20. The van der Waals surface area contributed by atoms with Crippen LogP contribution in [0, 0.1) is 0 Å². The van der Waals surface area contributed by atoms with Gasteiger partial charge >= 0.3 is 0 Å². The molecule has 44 heavy (non-hydrogen) atoms. The molecule has 0 bridgehead atoms. The van der Waals surface area contributed by atoms with Crippen LogP contribution in [0.25, 0.3) is 0 Å². The third-order valence-electron chi connectivity index (χ3n) is 9.21. The number of nitrogens with zero attached hydrogens (tertiary/aromatic N) is 4. The fourth-order valence-electron chi connectivity index (χ4n) is 7.21. The third kappa shape index (κ3) is 8.70. The summed E-state index contributed by atoms with van der Waals surface area (Å²) in [7, 11) is -8.40. The Morgan fingerprint density at radius 2 is 1.25 bits per heavy atom. The van der Waals surface area contributed by atoms with E-state index in [4.69, 9.17) is 46.4 Å². The van der Waals surface area contributed by atoms with Crippen LogP contribution in [0.2, 0.25) is 0 Å². The number of allylic oxidation sites excluding steroid dienone is 2. The van der Waals surface area contributed by atoms with E-state index in [9.17, 15) is 25.9 Å². The first-order valence-electron chi connectivity index (χ1n) is 15.4. The van der Waals surface area contributed by atoms with Crippen molar-refractivity contribution in [3.05, 3.63) is 24.0 Å². The normalized spacial score (nSPS) is 34.0. The van der Waals surface area contributed by atoms with Crippen molar-refractivity contribution >= 4 is 72.5 Å². The van der Waals surface area contributed by atoms with Crippen molar-refractivity contribution in [1.29, 1.82) is 0 Å². The van der Waals surface area contributed by atoms with Gasteiger partial charge in [-0.2, -0.15) is 16.8 Å². The number of fused-ring (bicyclic) bond motifs is 2. The SMILES string of the molecule is CCCCN1C(=CC=CC2=[N+](CCC)C3CC(Cl)C(Cl)CC3N2CCS(=O)(=O)O)N(CCS(=O)(=O)O)C2CC(Cl)C(Cl)CC21. The van der Waals surface area contributed by atoms with Crippen LogP contribution in [0.15, 0.2) is 24.0 Å². The molecule has 0 aromatic rings. The zero-order valence-electron chi connectivity index (χ0n) is 25.2. The zero-order chi connectivity index (χ0) is 32.4. The number of alkyl halides is 4. The van der Waals surface area contributed by atoms with Gasteiger partial charge in [-0.05, 0) is 31.8 Å². The Balaban J connectivity index is 1.74. The van der Waals surface area contributed by atoms with Crippen LogP contribution in [0.3, 0.4) is 0 Å². The molecule has 2 aliphatic carbocycles. The fourth-order valence-corrected chi connectivity index (χ4v) is 9.21. The van der Waals surface area contributed by atoms with Crippen LogP contribution < -0.4 is 0 Å². The molecular weight excluding hydrogens is 694 g/mol. The highest BCUT2D eigenvalue weighted by molar-refractivity contribution is 7.86. The van der Waals surface area contributed by atoms with Crippen LogP contribution in [0.5, 0.6) is 0 Å². The van der Waals surface area contributed by atoms with Crippen LogP contribution >= 0.6 is 46.4 Å². The molecule has 2 aliphatic heterocycles. The lowest BCUT2D eigenvalue weighted by Gasteiger charge is -2.37. The molecular formula is C28H45Cl4N4O6S2+. The Bertz CT molecular complexity index is 1330. The summed E-state index contributed by atoms with van der Waals surface area (Å²) in [5, 5.41) is -0.954. The molecule has 0 aromatic carbocycles. The van der Waals surface area contributed by atoms with E-state index in [0.717, 1.165) is 44.0 Å². The fraction of sp³-hybridized carbons (Fsp3) is 0.821. The molecule has 0 spiro atoms. The number of rotatable bonds is 13. The van der Waals surface area contributed by atoms with E-state index >= 15 is 0 Å². The quantitative estimate of drug-likeness (QED) is 0.163. The molecule has 8 atom stereocenters. The van der Waals surface area contributed by atoms with Gasteiger partial charge in [0.15, 0.2) is 0 Å². The Morgan fingerprint density at radius 3 is 1.77 bits per heavy atom. The molecule has 2 N–H and O–H groups in total. The lowest BCUT2D eigenvalue weighted by molar-refractivity contribution is -0.561. The molecule has 0 aromatic heterocycles. The second-order valence-corrected chi connectivity index (χ2v) is 17.6. The van der Waals surface area contributed by atoms with Crippen LogP contribution in [0.4, 0.5) is 0 Å². The van der Waals surface area contributed by atoms with Gasteiger partial charge in [0.25, 0.3) is 26.1 Å². The molecule has 4 aliphatic rings. The highest BCUT2D eigenvalue weighted by atomic mass is 35.5. The average molecular weight is 740 g/mol. The zero-order valence-corrected chi connectivity index (χ0v) is 29.8. The highest BCUT2D eigenvalue weighted by Crippen LogP contribution is 2.42. The first kappa shape index (κ1) is 36.4. The highest BCUT2D eigenvalue weighted by Gasteiger charge is 2.52. The molecule has 1 saturated heterocycles. The summed E-state index contributed by atoms with van der Waals surface area (Å²) in [5.74, 6) is 0.845. The van der Waals surface area contributed by atoms with E-state index in [1.165, 1.54) is 0 Å². The first-order valence-corrected chi connectivity index (χ1v) is 20.4. The Hall–Kier alpha value is -0.470. The summed E-state index contributed by atoms with van der Waals surface area (Å²) in [5.41, 5.74) is 0. The van der Waals surface area contributed by atoms with Crippen molar-refractivity contribution in [3.63, 3.8) is 0 Å². The van der Waals surface area contributed by atoms with Gasteiger partial charge in [0.05, 0.1) is 45.9 Å². The smallest absolute Gasteiger partial charge is 0.272 e. The second kappa shape index (κ2) is 15.2. The van der Waals surface area contributed by atoms with Crippen LogP contribution in [-0.4, -0.2) is 134 Å². The van der Waals surface area contributed by atoms with Crippen molar-refractivity contribution in [3.8, 4) is 0 Å². The minimum Gasteiger partial charge on any atom is -0.353 e. The summed E-state index contributed by atoms with van der Waals surface area (Å²) in [6.45, 7) is 5.90. The topological polar surface area (TPSA) is 121 Å². The van der Waals surface area contributed by atoms with Gasteiger partial charge in [0.2, 0.25) is 0 Å². The first-order chi connectivity index (χ1) is 20.6. The maximum Gasteiger partial charge on any atom is 0.272 e. The molecule has 16 heteroatoms. The molecule has 252 valence electrons.